The first kappa shape index (κ1) is 18.3. The maximum atomic E-state index is 13.0. The van der Waals surface area contributed by atoms with Crippen molar-refractivity contribution in [3.05, 3.63) is 0 Å². The average Bonchev–Trinajstić information content (AvgIpc) is 2.83. The monoisotopic (exact) mass is 356 g/mol. The van der Waals surface area contributed by atoms with Gasteiger partial charge in [-0.2, -0.15) is 0 Å². The van der Waals surface area contributed by atoms with Crippen molar-refractivity contribution >= 4 is 15.8 Å². The Labute approximate surface area is 146 Å². The first-order chi connectivity index (χ1) is 11.1. The van der Waals surface area contributed by atoms with Gasteiger partial charge in [-0.15, -0.1) is 0 Å². The minimum atomic E-state index is -3.41. The lowest BCUT2D eigenvalue weighted by Crippen LogP contribution is -2.47. The highest BCUT2D eigenvalue weighted by molar-refractivity contribution is 7.89. The molecule has 2 aliphatic carbocycles. The Morgan fingerprint density at radius 2 is 1.83 bits per heavy atom. The lowest BCUT2D eigenvalue weighted by atomic mass is 9.70. The Balaban J connectivity index is 1.70. The fourth-order valence-corrected chi connectivity index (χ4v) is 7.21. The quantitative estimate of drug-likeness (QED) is 0.756. The molecule has 3 aliphatic rings. The number of Topliss-reactive ketones (excluding diaryl/α,β-unsaturated/α-hetero) is 1. The third-order valence-electron chi connectivity index (χ3n) is 7.40. The summed E-state index contributed by atoms with van der Waals surface area (Å²) in [6.45, 7) is 6.86. The summed E-state index contributed by atoms with van der Waals surface area (Å²) in [5, 5.41) is 0. The molecule has 2 atom stereocenters. The van der Waals surface area contributed by atoms with Crippen LogP contribution in [0.3, 0.4) is 0 Å². The molecule has 3 rings (SSSR count). The Morgan fingerprint density at radius 1 is 1.21 bits per heavy atom. The summed E-state index contributed by atoms with van der Waals surface area (Å²) in [7, 11) is 0.403. The normalized spacial score (nSPS) is 34.4. The molecular weight excluding hydrogens is 324 g/mol. The van der Waals surface area contributed by atoms with Crippen molar-refractivity contribution in [3.63, 3.8) is 0 Å². The zero-order valence-electron chi connectivity index (χ0n) is 15.5. The molecule has 2 unspecified atom stereocenters. The van der Waals surface area contributed by atoms with Crippen molar-refractivity contribution in [2.75, 3.05) is 39.5 Å². The van der Waals surface area contributed by atoms with E-state index in [1.807, 2.05) is 0 Å². The number of rotatable bonds is 5. The van der Waals surface area contributed by atoms with Gasteiger partial charge < -0.3 is 4.90 Å². The van der Waals surface area contributed by atoms with Crippen LogP contribution in [0.2, 0.25) is 0 Å². The van der Waals surface area contributed by atoms with Crippen molar-refractivity contribution in [2.24, 2.45) is 22.7 Å². The fourth-order valence-electron chi connectivity index (χ4n) is 5.25. The molecule has 0 aromatic carbocycles. The van der Waals surface area contributed by atoms with Crippen molar-refractivity contribution in [1.29, 1.82) is 0 Å². The lowest BCUT2D eigenvalue weighted by Gasteiger charge is -2.38. The minimum absolute atomic E-state index is 0.00541. The second kappa shape index (κ2) is 6.06. The molecule has 1 heterocycles. The lowest BCUT2D eigenvalue weighted by molar-refractivity contribution is -0.128. The zero-order valence-corrected chi connectivity index (χ0v) is 16.4. The Morgan fingerprint density at radius 3 is 2.33 bits per heavy atom. The highest BCUT2D eigenvalue weighted by atomic mass is 32.2. The highest BCUT2D eigenvalue weighted by Gasteiger charge is 2.65. The number of carbonyl (C=O) groups excluding carboxylic acids is 1. The standard InChI is InChI=1S/C18H32N2O3S/c1-17(2)15-5-8-18(17,16(21)11-15)13-24(22,23)20(4)12-14-6-9-19(3)10-7-14/h14-15H,5-13H2,1-4H3. The Hall–Kier alpha value is -0.460. The van der Waals surface area contributed by atoms with Gasteiger partial charge in [0.25, 0.3) is 0 Å². The van der Waals surface area contributed by atoms with E-state index in [4.69, 9.17) is 0 Å². The van der Waals surface area contributed by atoms with E-state index in [1.54, 1.807) is 7.05 Å². The van der Waals surface area contributed by atoms with Gasteiger partial charge in [-0.05, 0) is 63.1 Å². The third kappa shape index (κ3) is 2.84. The molecule has 0 radical (unpaired) electrons. The number of likely N-dealkylation sites (tertiary alicyclic amines) is 1. The molecular formula is C18H32N2O3S. The summed E-state index contributed by atoms with van der Waals surface area (Å²) in [4.78, 5) is 14.9. The van der Waals surface area contributed by atoms with Crippen molar-refractivity contribution in [3.8, 4) is 0 Å². The van der Waals surface area contributed by atoms with Crippen LogP contribution in [-0.2, 0) is 14.8 Å². The van der Waals surface area contributed by atoms with Gasteiger partial charge in [-0.1, -0.05) is 13.8 Å². The second-order valence-corrected chi connectivity index (χ2v) is 11.0. The van der Waals surface area contributed by atoms with E-state index in [-0.39, 0.29) is 17.0 Å². The molecule has 1 saturated heterocycles. The van der Waals surface area contributed by atoms with Gasteiger partial charge in [0, 0.05) is 25.4 Å². The van der Waals surface area contributed by atoms with Gasteiger partial charge in [-0.3, -0.25) is 4.79 Å². The van der Waals surface area contributed by atoms with Crippen LogP contribution >= 0.6 is 0 Å². The van der Waals surface area contributed by atoms with E-state index >= 15 is 0 Å². The van der Waals surface area contributed by atoms with E-state index in [0.717, 1.165) is 38.8 Å². The van der Waals surface area contributed by atoms with Crippen LogP contribution in [0.4, 0.5) is 0 Å². The van der Waals surface area contributed by atoms with Gasteiger partial charge in [0.15, 0.2) is 0 Å². The molecule has 24 heavy (non-hydrogen) atoms. The van der Waals surface area contributed by atoms with E-state index in [0.29, 0.717) is 24.8 Å². The van der Waals surface area contributed by atoms with Crippen LogP contribution in [0.15, 0.2) is 0 Å². The molecule has 2 bridgehead atoms. The predicted molar refractivity (Wildman–Crippen MR) is 95.2 cm³/mol. The molecule has 0 amide bonds. The van der Waals surface area contributed by atoms with E-state index in [9.17, 15) is 13.2 Å². The number of ketones is 1. The van der Waals surface area contributed by atoms with Crippen LogP contribution in [0.1, 0.15) is 46.0 Å². The number of hydrogen-bond donors (Lipinski definition) is 0. The number of sulfonamides is 1. The molecule has 0 aromatic heterocycles. The summed E-state index contributed by atoms with van der Waals surface area (Å²) in [5.74, 6) is 0.979. The van der Waals surface area contributed by atoms with Crippen molar-refractivity contribution < 1.29 is 13.2 Å². The maximum Gasteiger partial charge on any atom is 0.214 e. The smallest absolute Gasteiger partial charge is 0.214 e. The second-order valence-electron chi connectivity index (χ2n) is 8.95. The average molecular weight is 357 g/mol. The number of piperidine rings is 1. The van der Waals surface area contributed by atoms with Crippen LogP contribution in [0.5, 0.6) is 0 Å². The Bertz CT molecular complexity index is 608. The summed E-state index contributed by atoms with van der Waals surface area (Å²) < 4.78 is 27.5. The predicted octanol–water partition coefficient (Wildman–Crippen LogP) is 1.99. The zero-order chi connectivity index (χ0) is 17.8. The molecule has 2 saturated carbocycles. The number of carbonyl (C=O) groups is 1. The first-order valence-electron chi connectivity index (χ1n) is 9.24. The molecule has 0 spiro atoms. The molecule has 5 nitrogen and oxygen atoms in total. The summed E-state index contributed by atoms with van der Waals surface area (Å²) in [6.07, 6.45) is 4.40. The highest BCUT2D eigenvalue weighted by Crippen LogP contribution is 2.64. The van der Waals surface area contributed by atoms with Gasteiger partial charge in [0.05, 0.1) is 5.75 Å². The molecule has 0 aromatic rings. The van der Waals surface area contributed by atoms with Crippen LogP contribution in [-0.4, -0.2) is 62.9 Å². The SMILES string of the molecule is CN1CCC(CN(C)S(=O)(=O)CC23CCC(CC2=O)C3(C)C)CC1. The molecule has 138 valence electrons. The van der Waals surface area contributed by atoms with E-state index < -0.39 is 15.4 Å². The first-order valence-corrected chi connectivity index (χ1v) is 10.9. The van der Waals surface area contributed by atoms with Gasteiger partial charge in [0.2, 0.25) is 10.0 Å². The largest absolute Gasteiger partial charge is 0.306 e. The number of fused-ring (bicyclic) bond motifs is 2. The summed E-state index contributed by atoms with van der Waals surface area (Å²) in [6, 6.07) is 0. The van der Waals surface area contributed by atoms with Gasteiger partial charge in [0.1, 0.15) is 5.78 Å². The maximum absolute atomic E-state index is 13.0. The summed E-state index contributed by atoms with van der Waals surface area (Å²) >= 11 is 0. The Kier molecular flexibility index (Phi) is 4.63. The van der Waals surface area contributed by atoms with E-state index in [2.05, 4.69) is 25.8 Å². The van der Waals surface area contributed by atoms with Gasteiger partial charge >= 0.3 is 0 Å². The molecule has 1 aliphatic heterocycles. The molecule has 3 fully saturated rings. The molecule has 0 N–H and O–H groups in total. The number of hydrogen-bond acceptors (Lipinski definition) is 4. The van der Waals surface area contributed by atoms with E-state index in [1.165, 1.54) is 4.31 Å². The topological polar surface area (TPSA) is 57.7 Å². The van der Waals surface area contributed by atoms with Crippen molar-refractivity contribution in [1.82, 2.24) is 9.21 Å². The minimum Gasteiger partial charge on any atom is -0.306 e. The van der Waals surface area contributed by atoms with Crippen LogP contribution in [0, 0.1) is 22.7 Å². The molecule has 6 heteroatoms. The van der Waals surface area contributed by atoms with Crippen LogP contribution < -0.4 is 0 Å². The third-order valence-corrected chi connectivity index (χ3v) is 9.35. The van der Waals surface area contributed by atoms with Crippen LogP contribution in [0.25, 0.3) is 0 Å². The summed E-state index contributed by atoms with van der Waals surface area (Å²) in [5.41, 5.74) is -0.844. The van der Waals surface area contributed by atoms with Gasteiger partial charge in [-0.25, -0.2) is 12.7 Å². The van der Waals surface area contributed by atoms with Crippen molar-refractivity contribution in [2.45, 2.75) is 46.0 Å². The number of nitrogens with zero attached hydrogens (tertiary/aromatic N) is 2. The fraction of sp³-hybridized carbons (Fsp3) is 0.944.